The molecule has 0 aliphatic heterocycles. The first-order valence-electron chi connectivity index (χ1n) is 7.11. The SMILES string of the molecule is CCOC(=O)CCCCCn1ccc2c(Cl)cccc21. The maximum Gasteiger partial charge on any atom is 0.305 e. The Morgan fingerprint density at radius 1 is 1.25 bits per heavy atom. The van der Waals surface area contributed by atoms with Crippen LogP contribution in [0.5, 0.6) is 0 Å². The fraction of sp³-hybridized carbons (Fsp3) is 0.438. The van der Waals surface area contributed by atoms with Crippen LogP contribution in [0.15, 0.2) is 30.5 Å². The van der Waals surface area contributed by atoms with E-state index in [0.717, 1.165) is 36.2 Å². The lowest BCUT2D eigenvalue weighted by Gasteiger charge is -2.06. The Morgan fingerprint density at radius 3 is 2.90 bits per heavy atom. The van der Waals surface area contributed by atoms with Gasteiger partial charge in [-0.3, -0.25) is 4.79 Å². The van der Waals surface area contributed by atoms with Crippen molar-refractivity contribution in [2.75, 3.05) is 6.61 Å². The molecule has 4 heteroatoms. The number of hydrogen-bond acceptors (Lipinski definition) is 2. The van der Waals surface area contributed by atoms with Gasteiger partial charge in [0.15, 0.2) is 0 Å². The first-order valence-corrected chi connectivity index (χ1v) is 7.49. The molecule has 108 valence electrons. The van der Waals surface area contributed by atoms with Crippen molar-refractivity contribution in [3.8, 4) is 0 Å². The third-order valence-electron chi connectivity index (χ3n) is 3.35. The van der Waals surface area contributed by atoms with Crippen LogP contribution in [0.3, 0.4) is 0 Å². The van der Waals surface area contributed by atoms with Crippen LogP contribution in [0, 0.1) is 0 Å². The van der Waals surface area contributed by atoms with Crippen LogP contribution in [0.4, 0.5) is 0 Å². The predicted octanol–water partition coefficient (Wildman–Crippen LogP) is 4.42. The van der Waals surface area contributed by atoms with Gasteiger partial charge in [-0.05, 0) is 38.0 Å². The van der Waals surface area contributed by atoms with Gasteiger partial charge in [0.25, 0.3) is 0 Å². The Bertz CT molecular complexity index is 577. The molecule has 0 aliphatic carbocycles. The van der Waals surface area contributed by atoms with Gasteiger partial charge in [0.2, 0.25) is 0 Å². The second kappa shape index (κ2) is 7.34. The highest BCUT2D eigenvalue weighted by Crippen LogP contribution is 2.24. The summed E-state index contributed by atoms with van der Waals surface area (Å²) in [5.41, 5.74) is 1.17. The van der Waals surface area contributed by atoms with Crippen molar-refractivity contribution in [2.24, 2.45) is 0 Å². The minimum Gasteiger partial charge on any atom is -0.466 e. The molecule has 0 radical (unpaired) electrons. The van der Waals surface area contributed by atoms with Crippen molar-refractivity contribution in [2.45, 2.75) is 39.2 Å². The summed E-state index contributed by atoms with van der Waals surface area (Å²) in [5.74, 6) is -0.0919. The van der Waals surface area contributed by atoms with Crippen molar-refractivity contribution < 1.29 is 9.53 Å². The average molecular weight is 294 g/mol. The summed E-state index contributed by atoms with van der Waals surface area (Å²) in [6, 6.07) is 8.02. The van der Waals surface area contributed by atoms with Crippen LogP contribution in [0.1, 0.15) is 32.6 Å². The number of unbranched alkanes of at least 4 members (excludes halogenated alkanes) is 2. The number of hydrogen-bond donors (Lipinski definition) is 0. The number of carbonyl (C=O) groups excluding carboxylic acids is 1. The fourth-order valence-electron chi connectivity index (χ4n) is 2.34. The summed E-state index contributed by atoms with van der Waals surface area (Å²) in [6.07, 6.45) is 5.56. The molecule has 1 aromatic heterocycles. The number of aryl methyl sites for hydroxylation is 1. The highest BCUT2D eigenvalue weighted by atomic mass is 35.5. The van der Waals surface area contributed by atoms with Gasteiger partial charge in [-0.15, -0.1) is 0 Å². The lowest BCUT2D eigenvalue weighted by atomic mass is 10.2. The lowest BCUT2D eigenvalue weighted by molar-refractivity contribution is -0.143. The van der Waals surface area contributed by atoms with Gasteiger partial charge in [0.05, 0.1) is 6.61 Å². The zero-order valence-electron chi connectivity index (χ0n) is 11.8. The van der Waals surface area contributed by atoms with E-state index in [2.05, 4.69) is 22.9 Å². The van der Waals surface area contributed by atoms with Crippen LogP contribution in [-0.4, -0.2) is 17.1 Å². The molecule has 0 saturated carbocycles. The Balaban J connectivity index is 1.79. The quantitative estimate of drug-likeness (QED) is 0.559. The van der Waals surface area contributed by atoms with E-state index in [1.54, 1.807) is 0 Å². The van der Waals surface area contributed by atoms with Crippen LogP contribution in [-0.2, 0) is 16.1 Å². The third kappa shape index (κ3) is 3.76. The van der Waals surface area contributed by atoms with Crippen molar-refractivity contribution in [3.05, 3.63) is 35.5 Å². The van der Waals surface area contributed by atoms with Gasteiger partial charge in [0.1, 0.15) is 0 Å². The number of nitrogens with zero attached hydrogens (tertiary/aromatic N) is 1. The fourth-order valence-corrected chi connectivity index (χ4v) is 2.57. The van der Waals surface area contributed by atoms with Crippen molar-refractivity contribution >= 4 is 28.5 Å². The lowest BCUT2D eigenvalue weighted by Crippen LogP contribution is -2.03. The molecule has 20 heavy (non-hydrogen) atoms. The molecule has 0 spiro atoms. The standard InChI is InChI=1S/C16H20ClNO2/c1-2-20-16(19)9-4-3-5-11-18-12-10-13-14(17)7-6-8-15(13)18/h6-8,10,12H,2-5,9,11H2,1H3. The Labute approximate surface area is 124 Å². The first-order chi connectivity index (χ1) is 9.72. The number of ether oxygens (including phenoxy) is 1. The molecule has 0 unspecified atom stereocenters. The largest absolute Gasteiger partial charge is 0.466 e. The number of aromatic nitrogens is 1. The van der Waals surface area contributed by atoms with Crippen LogP contribution in [0.25, 0.3) is 10.9 Å². The second-order valence-electron chi connectivity index (χ2n) is 4.80. The molecule has 0 atom stereocenters. The summed E-state index contributed by atoms with van der Waals surface area (Å²) in [6.45, 7) is 3.25. The van der Waals surface area contributed by atoms with E-state index in [0.29, 0.717) is 13.0 Å². The van der Waals surface area contributed by atoms with Gasteiger partial charge in [0, 0.05) is 35.1 Å². The molecule has 0 saturated heterocycles. The van der Waals surface area contributed by atoms with Gasteiger partial charge >= 0.3 is 5.97 Å². The normalized spacial score (nSPS) is 10.9. The predicted molar refractivity (Wildman–Crippen MR) is 82.0 cm³/mol. The topological polar surface area (TPSA) is 31.2 Å². The number of carbonyl (C=O) groups is 1. The molecule has 3 nitrogen and oxygen atoms in total. The minimum absolute atomic E-state index is 0.0919. The number of benzene rings is 1. The maximum absolute atomic E-state index is 11.2. The van der Waals surface area contributed by atoms with Crippen molar-refractivity contribution in [1.29, 1.82) is 0 Å². The van der Waals surface area contributed by atoms with Gasteiger partial charge in [-0.1, -0.05) is 24.1 Å². The Kier molecular flexibility index (Phi) is 5.48. The van der Waals surface area contributed by atoms with Gasteiger partial charge in [-0.2, -0.15) is 0 Å². The number of esters is 1. The first kappa shape index (κ1) is 14.9. The van der Waals surface area contributed by atoms with E-state index in [-0.39, 0.29) is 5.97 Å². The smallest absolute Gasteiger partial charge is 0.305 e. The van der Waals surface area contributed by atoms with E-state index in [1.165, 1.54) is 5.52 Å². The zero-order valence-corrected chi connectivity index (χ0v) is 12.5. The molecule has 0 amide bonds. The maximum atomic E-state index is 11.2. The molecule has 1 heterocycles. The number of halogens is 1. The molecule has 0 aliphatic rings. The molecule has 0 bridgehead atoms. The van der Waals surface area contributed by atoms with E-state index in [1.807, 2.05) is 19.1 Å². The highest BCUT2D eigenvalue weighted by Gasteiger charge is 2.04. The summed E-state index contributed by atoms with van der Waals surface area (Å²) in [4.78, 5) is 11.2. The Hall–Kier alpha value is -1.48. The zero-order chi connectivity index (χ0) is 14.4. The third-order valence-corrected chi connectivity index (χ3v) is 3.68. The number of rotatable bonds is 7. The molecule has 1 aromatic carbocycles. The monoisotopic (exact) mass is 293 g/mol. The second-order valence-corrected chi connectivity index (χ2v) is 5.20. The van der Waals surface area contributed by atoms with Crippen LogP contribution in [0.2, 0.25) is 5.02 Å². The van der Waals surface area contributed by atoms with E-state index in [9.17, 15) is 4.79 Å². The molecule has 2 aromatic rings. The number of fused-ring (bicyclic) bond motifs is 1. The minimum atomic E-state index is -0.0919. The molecular formula is C16H20ClNO2. The molecule has 2 rings (SSSR count). The molecular weight excluding hydrogens is 274 g/mol. The summed E-state index contributed by atoms with van der Waals surface area (Å²) >= 11 is 6.15. The molecule has 0 fully saturated rings. The van der Waals surface area contributed by atoms with E-state index >= 15 is 0 Å². The van der Waals surface area contributed by atoms with Crippen molar-refractivity contribution in [3.63, 3.8) is 0 Å². The highest BCUT2D eigenvalue weighted by molar-refractivity contribution is 6.35. The van der Waals surface area contributed by atoms with E-state index in [4.69, 9.17) is 16.3 Å². The van der Waals surface area contributed by atoms with Gasteiger partial charge in [-0.25, -0.2) is 0 Å². The van der Waals surface area contributed by atoms with E-state index < -0.39 is 0 Å². The average Bonchev–Trinajstić information content (AvgIpc) is 2.83. The summed E-state index contributed by atoms with van der Waals surface area (Å²) in [5, 5.41) is 1.89. The Morgan fingerprint density at radius 2 is 2.10 bits per heavy atom. The van der Waals surface area contributed by atoms with Gasteiger partial charge < -0.3 is 9.30 Å². The molecule has 0 N–H and O–H groups in total. The van der Waals surface area contributed by atoms with Crippen LogP contribution >= 0.6 is 11.6 Å². The summed E-state index contributed by atoms with van der Waals surface area (Å²) < 4.78 is 7.12. The van der Waals surface area contributed by atoms with Crippen molar-refractivity contribution in [1.82, 2.24) is 4.57 Å². The van der Waals surface area contributed by atoms with Crippen LogP contribution < -0.4 is 0 Å². The summed E-state index contributed by atoms with van der Waals surface area (Å²) in [7, 11) is 0.